The van der Waals surface area contributed by atoms with Crippen LogP contribution in [0.5, 0.6) is 5.75 Å². The van der Waals surface area contributed by atoms with Crippen molar-refractivity contribution in [1.82, 2.24) is 19.9 Å². The van der Waals surface area contributed by atoms with Crippen LogP contribution in [0.1, 0.15) is 27.7 Å². The van der Waals surface area contributed by atoms with E-state index < -0.39 is 5.82 Å². The van der Waals surface area contributed by atoms with Crippen LogP contribution in [0.3, 0.4) is 0 Å². The first kappa shape index (κ1) is 19.1. The number of amides is 1. The summed E-state index contributed by atoms with van der Waals surface area (Å²) < 4.78 is 26.1. The van der Waals surface area contributed by atoms with Crippen LogP contribution in [0.15, 0.2) is 54.7 Å². The lowest BCUT2D eigenvalue weighted by Gasteiger charge is -2.38. The van der Waals surface area contributed by atoms with Crippen molar-refractivity contribution in [2.75, 3.05) is 20.2 Å². The van der Waals surface area contributed by atoms with Gasteiger partial charge in [-0.1, -0.05) is 35.5 Å². The minimum atomic E-state index is -0.549. The second-order valence-corrected chi connectivity index (χ2v) is 6.88. The lowest BCUT2D eigenvalue weighted by atomic mass is 10.1. The number of hydrogen-bond acceptors (Lipinski definition) is 5. The molecule has 4 rings (SSSR count). The van der Waals surface area contributed by atoms with Gasteiger partial charge in [0.2, 0.25) is 0 Å². The summed E-state index contributed by atoms with van der Waals surface area (Å²) in [6.45, 7) is 1.88. The number of likely N-dealkylation sites (tertiary alicyclic amines) is 1. The molecule has 1 fully saturated rings. The molecular weight excluding hydrogens is 375 g/mol. The van der Waals surface area contributed by atoms with E-state index in [1.165, 1.54) is 19.2 Å². The minimum Gasteiger partial charge on any atom is -0.494 e. The molecule has 3 aromatic rings. The zero-order valence-electron chi connectivity index (χ0n) is 16.0. The molecule has 0 saturated carbocycles. The molecule has 8 heteroatoms. The van der Waals surface area contributed by atoms with Gasteiger partial charge in [0.25, 0.3) is 5.91 Å². The first-order valence-electron chi connectivity index (χ1n) is 9.29. The van der Waals surface area contributed by atoms with Crippen molar-refractivity contribution in [2.24, 2.45) is 0 Å². The molecule has 1 aliphatic rings. The van der Waals surface area contributed by atoms with Crippen LogP contribution < -0.4 is 4.74 Å². The largest absolute Gasteiger partial charge is 0.494 e. The summed E-state index contributed by atoms with van der Waals surface area (Å²) in [6, 6.07) is 14.2. The van der Waals surface area contributed by atoms with E-state index in [9.17, 15) is 9.18 Å². The topological polar surface area (TPSA) is 69.5 Å². The van der Waals surface area contributed by atoms with Crippen molar-refractivity contribution in [3.05, 3.63) is 77.4 Å². The van der Waals surface area contributed by atoms with E-state index in [1.807, 2.05) is 36.5 Å². The number of rotatable bonds is 7. The Bertz CT molecular complexity index is 987. The first-order valence-corrected chi connectivity index (χ1v) is 9.29. The number of carbonyl (C=O) groups excluding carboxylic acids is 1. The molecule has 2 heterocycles. The summed E-state index contributed by atoms with van der Waals surface area (Å²) in [4.78, 5) is 14.1. The highest BCUT2D eigenvalue weighted by atomic mass is 19.1. The molecule has 0 bridgehead atoms. The molecule has 0 atom stereocenters. The molecule has 1 amide bonds. The van der Waals surface area contributed by atoms with E-state index in [2.05, 4.69) is 10.3 Å². The molecular formula is C21H21FN4O3. The SMILES string of the molecule is COc1ccc(C(=O)N2CC(n3cc(COCc4ccccc4)nn3)C2)cc1F. The van der Waals surface area contributed by atoms with Crippen LogP contribution in [0, 0.1) is 5.82 Å². The second kappa shape index (κ2) is 8.40. The summed E-state index contributed by atoms with van der Waals surface area (Å²) in [6.07, 6.45) is 1.84. The molecule has 7 nitrogen and oxygen atoms in total. The van der Waals surface area contributed by atoms with Crippen LogP contribution in [0.4, 0.5) is 4.39 Å². The third-order valence-corrected chi connectivity index (χ3v) is 4.84. The van der Waals surface area contributed by atoms with Crippen LogP contribution in [0.2, 0.25) is 0 Å². The molecule has 0 spiro atoms. The highest BCUT2D eigenvalue weighted by molar-refractivity contribution is 5.95. The number of carbonyl (C=O) groups is 1. The Hall–Kier alpha value is -3.26. The van der Waals surface area contributed by atoms with Crippen molar-refractivity contribution in [1.29, 1.82) is 0 Å². The average molecular weight is 396 g/mol. The Labute approximate surface area is 167 Å². The smallest absolute Gasteiger partial charge is 0.254 e. The fourth-order valence-electron chi connectivity index (χ4n) is 3.18. The normalized spacial score (nSPS) is 13.9. The highest BCUT2D eigenvalue weighted by Gasteiger charge is 2.33. The third kappa shape index (κ3) is 4.27. The van der Waals surface area contributed by atoms with Gasteiger partial charge in [0.1, 0.15) is 5.69 Å². The molecule has 0 aliphatic carbocycles. The molecule has 0 N–H and O–H groups in total. The average Bonchev–Trinajstić information content (AvgIpc) is 3.16. The van der Waals surface area contributed by atoms with Crippen molar-refractivity contribution in [3.8, 4) is 5.75 Å². The Morgan fingerprint density at radius 2 is 1.97 bits per heavy atom. The van der Waals surface area contributed by atoms with E-state index in [4.69, 9.17) is 9.47 Å². The molecule has 0 radical (unpaired) electrons. The quantitative estimate of drug-likeness (QED) is 0.614. The first-order chi connectivity index (χ1) is 14.1. The maximum atomic E-state index is 13.8. The Morgan fingerprint density at radius 1 is 1.17 bits per heavy atom. The van der Waals surface area contributed by atoms with Gasteiger partial charge in [0.15, 0.2) is 11.6 Å². The number of aromatic nitrogens is 3. The van der Waals surface area contributed by atoms with Gasteiger partial charge in [-0.25, -0.2) is 9.07 Å². The van der Waals surface area contributed by atoms with Gasteiger partial charge in [0, 0.05) is 18.7 Å². The lowest BCUT2D eigenvalue weighted by Crippen LogP contribution is -2.50. The summed E-state index contributed by atoms with van der Waals surface area (Å²) in [5.74, 6) is -0.645. The van der Waals surface area contributed by atoms with Crippen LogP contribution >= 0.6 is 0 Å². The molecule has 150 valence electrons. The fraction of sp³-hybridized carbons (Fsp3) is 0.286. The minimum absolute atomic E-state index is 0.0532. The molecule has 1 saturated heterocycles. The number of nitrogens with zero attached hydrogens (tertiary/aromatic N) is 4. The van der Waals surface area contributed by atoms with Gasteiger partial charge in [0.05, 0.1) is 32.6 Å². The van der Waals surface area contributed by atoms with Gasteiger partial charge in [-0.2, -0.15) is 0 Å². The Morgan fingerprint density at radius 3 is 2.69 bits per heavy atom. The highest BCUT2D eigenvalue weighted by Crippen LogP contribution is 2.25. The van der Waals surface area contributed by atoms with Gasteiger partial charge in [-0.15, -0.1) is 5.10 Å². The fourth-order valence-corrected chi connectivity index (χ4v) is 3.18. The van der Waals surface area contributed by atoms with Gasteiger partial charge in [-0.3, -0.25) is 4.79 Å². The van der Waals surface area contributed by atoms with Crippen molar-refractivity contribution < 1.29 is 18.7 Å². The maximum absolute atomic E-state index is 13.8. The molecule has 0 unspecified atom stereocenters. The Kier molecular flexibility index (Phi) is 5.53. The zero-order chi connectivity index (χ0) is 20.2. The zero-order valence-corrected chi connectivity index (χ0v) is 16.0. The molecule has 1 aliphatic heterocycles. The van der Waals surface area contributed by atoms with Crippen LogP contribution in [0.25, 0.3) is 0 Å². The number of ether oxygens (including phenoxy) is 2. The monoisotopic (exact) mass is 396 g/mol. The number of hydrogen-bond donors (Lipinski definition) is 0. The van der Waals surface area contributed by atoms with Crippen LogP contribution in [-0.2, 0) is 18.0 Å². The molecule has 29 heavy (non-hydrogen) atoms. The summed E-state index contributed by atoms with van der Waals surface area (Å²) >= 11 is 0. The predicted molar refractivity (Wildman–Crippen MR) is 103 cm³/mol. The lowest BCUT2D eigenvalue weighted by molar-refractivity contribution is 0.0497. The van der Waals surface area contributed by atoms with E-state index in [0.29, 0.717) is 31.9 Å². The molecule has 1 aromatic heterocycles. The van der Waals surface area contributed by atoms with E-state index >= 15 is 0 Å². The molecule has 2 aromatic carbocycles. The van der Waals surface area contributed by atoms with Crippen molar-refractivity contribution >= 4 is 5.91 Å². The van der Waals surface area contributed by atoms with E-state index in [0.717, 1.165) is 11.3 Å². The van der Waals surface area contributed by atoms with Gasteiger partial charge >= 0.3 is 0 Å². The predicted octanol–water partition coefficient (Wildman–Crippen LogP) is 2.84. The third-order valence-electron chi connectivity index (χ3n) is 4.84. The van der Waals surface area contributed by atoms with E-state index in [-0.39, 0.29) is 17.7 Å². The summed E-state index contributed by atoms with van der Waals surface area (Å²) in [5.41, 5.74) is 2.14. The summed E-state index contributed by atoms with van der Waals surface area (Å²) in [5, 5.41) is 8.27. The van der Waals surface area contributed by atoms with Gasteiger partial charge in [-0.05, 0) is 23.8 Å². The summed E-state index contributed by atoms with van der Waals surface area (Å²) in [7, 11) is 1.39. The van der Waals surface area contributed by atoms with Gasteiger partial charge < -0.3 is 14.4 Å². The van der Waals surface area contributed by atoms with Crippen molar-refractivity contribution in [2.45, 2.75) is 19.3 Å². The second-order valence-electron chi connectivity index (χ2n) is 6.88. The van der Waals surface area contributed by atoms with E-state index in [1.54, 1.807) is 15.6 Å². The maximum Gasteiger partial charge on any atom is 0.254 e. The van der Waals surface area contributed by atoms with Crippen molar-refractivity contribution in [3.63, 3.8) is 0 Å². The van der Waals surface area contributed by atoms with Crippen LogP contribution in [-0.4, -0.2) is 46.0 Å². The number of halogens is 1. The standard InChI is InChI=1S/C21H21FN4O3/c1-28-20-8-7-16(9-19(20)22)21(27)25-11-18(12-25)26-10-17(23-24-26)14-29-13-15-5-3-2-4-6-15/h2-10,18H,11-14H2,1H3. The number of methoxy groups -OCH3 is 1. The number of benzene rings is 2. The Balaban J connectivity index is 1.27.